The lowest BCUT2D eigenvalue weighted by Gasteiger charge is -2.24. The Bertz CT molecular complexity index is 316. The Labute approximate surface area is 94.0 Å². The van der Waals surface area contributed by atoms with E-state index in [0.717, 1.165) is 6.54 Å². The number of nitrogens with one attached hydrogen (secondary N) is 1. The van der Waals surface area contributed by atoms with Crippen LogP contribution in [0.3, 0.4) is 0 Å². The maximum absolute atomic E-state index is 3.58. The number of hydrogen-bond acceptors (Lipinski definition) is 1. The Morgan fingerprint density at radius 1 is 1.36 bits per heavy atom. The molecule has 1 unspecified atom stereocenters. The predicted octanol–water partition coefficient (Wildman–Crippen LogP) is 3.57. The zero-order valence-corrected chi connectivity index (χ0v) is 10.1. The first-order chi connectivity index (χ1) is 6.77. The van der Waals surface area contributed by atoms with Gasteiger partial charge in [0.25, 0.3) is 0 Å². The normalized spacial score (nSPS) is 22.3. The molecule has 0 aromatic heterocycles. The van der Waals surface area contributed by atoms with Gasteiger partial charge >= 0.3 is 0 Å². The molecule has 1 aromatic carbocycles. The molecule has 0 amide bonds. The van der Waals surface area contributed by atoms with E-state index in [-0.39, 0.29) is 0 Å². The third-order valence-electron chi connectivity index (χ3n) is 2.91. The van der Waals surface area contributed by atoms with Crippen LogP contribution in [0, 0.1) is 6.92 Å². The van der Waals surface area contributed by atoms with Crippen molar-refractivity contribution in [2.45, 2.75) is 32.2 Å². The topological polar surface area (TPSA) is 12.0 Å². The van der Waals surface area contributed by atoms with Crippen molar-refractivity contribution in [2.75, 3.05) is 6.54 Å². The lowest BCUT2D eigenvalue weighted by Crippen LogP contribution is -2.26. The van der Waals surface area contributed by atoms with E-state index in [4.69, 9.17) is 0 Å². The quantitative estimate of drug-likeness (QED) is 0.807. The van der Waals surface area contributed by atoms with E-state index in [1.807, 2.05) is 0 Å². The van der Waals surface area contributed by atoms with Gasteiger partial charge in [0.1, 0.15) is 0 Å². The first kappa shape index (κ1) is 10.2. The van der Waals surface area contributed by atoms with Crippen molar-refractivity contribution in [3.63, 3.8) is 0 Å². The van der Waals surface area contributed by atoms with Crippen molar-refractivity contribution in [1.82, 2.24) is 5.32 Å². The molecule has 0 bridgehead atoms. The first-order valence-electron chi connectivity index (χ1n) is 5.27. The summed E-state index contributed by atoms with van der Waals surface area (Å²) in [6.07, 6.45) is 3.95. The van der Waals surface area contributed by atoms with Crippen LogP contribution in [-0.2, 0) is 0 Å². The van der Waals surface area contributed by atoms with Crippen LogP contribution in [0.5, 0.6) is 0 Å². The van der Waals surface area contributed by atoms with Crippen LogP contribution < -0.4 is 5.32 Å². The van der Waals surface area contributed by atoms with Gasteiger partial charge in [-0.05, 0) is 43.5 Å². The summed E-state index contributed by atoms with van der Waals surface area (Å²) in [6.45, 7) is 3.29. The minimum Gasteiger partial charge on any atom is -0.310 e. The van der Waals surface area contributed by atoms with Crippen molar-refractivity contribution in [2.24, 2.45) is 0 Å². The van der Waals surface area contributed by atoms with E-state index in [0.29, 0.717) is 6.04 Å². The van der Waals surface area contributed by atoms with Gasteiger partial charge in [0.15, 0.2) is 0 Å². The Balaban J connectivity index is 2.18. The highest BCUT2D eigenvalue weighted by molar-refractivity contribution is 9.10. The Morgan fingerprint density at radius 3 is 2.86 bits per heavy atom. The van der Waals surface area contributed by atoms with E-state index in [9.17, 15) is 0 Å². The highest BCUT2D eigenvalue weighted by atomic mass is 79.9. The van der Waals surface area contributed by atoms with Gasteiger partial charge in [-0.2, -0.15) is 0 Å². The second kappa shape index (κ2) is 4.45. The van der Waals surface area contributed by atoms with Gasteiger partial charge < -0.3 is 5.32 Å². The third kappa shape index (κ3) is 2.18. The predicted molar refractivity (Wildman–Crippen MR) is 63.5 cm³/mol. The molecule has 2 rings (SSSR count). The van der Waals surface area contributed by atoms with Gasteiger partial charge in [0.05, 0.1) is 0 Å². The highest BCUT2D eigenvalue weighted by Crippen LogP contribution is 2.26. The Hall–Kier alpha value is -0.340. The SMILES string of the molecule is Cc1ccc(C2CCCCN2)cc1Br. The molecular formula is C12H16BrN. The van der Waals surface area contributed by atoms with E-state index >= 15 is 0 Å². The molecule has 1 aliphatic heterocycles. The molecule has 0 spiro atoms. The molecule has 0 radical (unpaired) electrons. The molecule has 1 aromatic rings. The van der Waals surface area contributed by atoms with E-state index in [2.05, 4.69) is 46.4 Å². The fraction of sp³-hybridized carbons (Fsp3) is 0.500. The van der Waals surface area contributed by atoms with Crippen LogP contribution in [-0.4, -0.2) is 6.54 Å². The van der Waals surface area contributed by atoms with E-state index in [1.165, 1.54) is 34.9 Å². The fourth-order valence-electron chi connectivity index (χ4n) is 1.96. The maximum Gasteiger partial charge on any atom is 0.0320 e. The largest absolute Gasteiger partial charge is 0.310 e. The van der Waals surface area contributed by atoms with Crippen LogP contribution in [0.1, 0.15) is 36.4 Å². The summed E-state index contributed by atoms with van der Waals surface area (Å²) < 4.78 is 1.22. The Morgan fingerprint density at radius 2 is 2.21 bits per heavy atom. The maximum atomic E-state index is 3.58. The molecule has 1 aliphatic rings. The van der Waals surface area contributed by atoms with Gasteiger partial charge in [-0.15, -0.1) is 0 Å². The summed E-state index contributed by atoms with van der Waals surface area (Å²) in [7, 11) is 0. The van der Waals surface area contributed by atoms with Crippen molar-refractivity contribution in [1.29, 1.82) is 0 Å². The van der Waals surface area contributed by atoms with Crippen LogP contribution in [0.15, 0.2) is 22.7 Å². The lowest BCUT2D eigenvalue weighted by molar-refractivity contribution is 0.412. The number of rotatable bonds is 1. The minimum absolute atomic E-state index is 0.570. The van der Waals surface area contributed by atoms with E-state index < -0.39 is 0 Å². The standard InChI is InChI=1S/C12H16BrN/c1-9-5-6-10(8-11(9)13)12-4-2-3-7-14-12/h5-6,8,12,14H,2-4,7H2,1H3. The number of hydrogen-bond donors (Lipinski definition) is 1. The summed E-state index contributed by atoms with van der Waals surface area (Å²) in [5.41, 5.74) is 2.73. The van der Waals surface area contributed by atoms with Crippen molar-refractivity contribution >= 4 is 15.9 Å². The van der Waals surface area contributed by atoms with Crippen LogP contribution in [0.2, 0.25) is 0 Å². The molecule has 1 N–H and O–H groups in total. The molecule has 76 valence electrons. The molecule has 1 fully saturated rings. The van der Waals surface area contributed by atoms with E-state index in [1.54, 1.807) is 0 Å². The second-order valence-electron chi connectivity index (χ2n) is 4.01. The molecule has 0 aliphatic carbocycles. The number of benzene rings is 1. The number of halogens is 1. The summed E-state index contributed by atoms with van der Waals surface area (Å²) >= 11 is 3.58. The Kier molecular flexibility index (Phi) is 3.24. The molecule has 1 saturated heterocycles. The smallest absolute Gasteiger partial charge is 0.0320 e. The van der Waals surface area contributed by atoms with Crippen molar-refractivity contribution in [3.05, 3.63) is 33.8 Å². The van der Waals surface area contributed by atoms with Gasteiger partial charge in [0, 0.05) is 10.5 Å². The van der Waals surface area contributed by atoms with Crippen molar-refractivity contribution in [3.8, 4) is 0 Å². The molecule has 1 atom stereocenters. The van der Waals surface area contributed by atoms with Gasteiger partial charge in [-0.25, -0.2) is 0 Å². The van der Waals surface area contributed by atoms with Crippen molar-refractivity contribution < 1.29 is 0 Å². The fourth-order valence-corrected chi connectivity index (χ4v) is 2.36. The highest BCUT2D eigenvalue weighted by Gasteiger charge is 2.14. The molecule has 2 heteroatoms. The molecule has 0 saturated carbocycles. The lowest BCUT2D eigenvalue weighted by atomic mass is 9.97. The zero-order chi connectivity index (χ0) is 9.97. The third-order valence-corrected chi connectivity index (χ3v) is 3.76. The molecule has 1 nitrogen and oxygen atoms in total. The molecule has 14 heavy (non-hydrogen) atoms. The van der Waals surface area contributed by atoms with Crippen LogP contribution in [0.4, 0.5) is 0 Å². The van der Waals surface area contributed by atoms with Gasteiger partial charge in [0.2, 0.25) is 0 Å². The zero-order valence-electron chi connectivity index (χ0n) is 8.52. The number of aryl methyl sites for hydroxylation is 1. The monoisotopic (exact) mass is 253 g/mol. The summed E-state index contributed by atoms with van der Waals surface area (Å²) in [6, 6.07) is 7.25. The van der Waals surface area contributed by atoms with Crippen LogP contribution in [0.25, 0.3) is 0 Å². The number of piperidine rings is 1. The van der Waals surface area contributed by atoms with Gasteiger partial charge in [-0.3, -0.25) is 0 Å². The minimum atomic E-state index is 0.570. The summed E-state index contributed by atoms with van der Waals surface area (Å²) in [5.74, 6) is 0. The van der Waals surface area contributed by atoms with Gasteiger partial charge in [-0.1, -0.05) is 34.5 Å². The molecule has 1 heterocycles. The summed E-state index contributed by atoms with van der Waals surface area (Å²) in [5, 5.41) is 3.56. The average molecular weight is 254 g/mol. The summed E-state index contributed by atoms with van der Waals surface area (Å²) in [4.78, 5) is 0. The molecular weight excluding hydrogens is 238 g/mol. The average Bonchev–Trinajstić information content (AvgIpc) is 2.23. The first-order valence-corrected chi connectivity index (χ1v) is 6.06. The van der Waals surface area contributed by atoms with Crippen LogP contribution >= 0.6 is 15.9 Å². The second-order valence-corrected chi connectivity index (χ2v) is 4.87.